The Morgan fingerprint density at radius 3 is 2.67 bits per heavy atom. The van der Waals surface area contributed by atoms with Crippen molar-refractivity contribution in [3.8, 4) is 0 Å². The molecular formula is C14H18N2OS. The molecular weight excluding hydrogens is 244 g/mol. The Bertz CT molecular complexity index is 496. The van der Waals surface area contributed by atoms with Crippen LogP contribution in [0.25, 0.3) is 0 Å². The Labute approximate surface area is 112 Å². The van der Waals surface area contributed by atoms with E-state index in [2.05, 4.69) is 33.9 Å². The molecule has 0 aliphatic rings. The van der Waals surface area contributed by atoms with E-state index >= 15 is 0 Å². The maximum atomic E-state index is 5.20. The van der Waals surface area contributed by atoms with Gasteiger partial charge in [0.25, 0.3) is 0 Å². The number of aromatic nitrogens is 1. The van der Waals surface area contributed by atoms with Gasteiger partial charge in [0.05, 0.1) is 6.61 Å². The standard InChI is InChI=1S/C14H18N2OS/c1-11-10-18-14(16-11)8-15-7-12-5-3-4-6-13(12)9-17-2/h3-6,10,15H,7-9H2,1-2H3. The van der Waals surface area contributed by atoms with Gasteiger partial charge >= 0.3 is 0 Å². The van der Waals surface area contributed by atoms with E-state index in [1.807, 2.05) is 13.0 Å². The first-order valence-corrected chi connectivity index (χ1v) is 6.85. The molecule has 1 aromatic heterocycles. The molecule has 2 aromatic rings. The van der Waals surface area contributed by atoms with Crippen LogP contribution in [0.5, 0.6) is 0 Å². The highest BCUT2D eigenvalue weighted by molar-refractivity contribution is 7.09. The molecule has 3 nitrogen and oxygen atoms in total. The van der Waals surface area contributed by atoms with Crippen molar-refractivity contribution in [2.45, 2.75) is 26.6 Å². The lowest BCUT2D eigenvalue weighted by Crippen LogP contribution is -2.14. The van der Waals surface area contributed by atoms with Crippen LogP contribution >= 0.6 is 11.3 Å². The molecule has 1 heterocycles. The monoisotopic (exact) mass is 262 g/mol. The minimum Gasteiger partial charge on any atom is -0.380 e. The fourth-order valence-electron chi connectivity index (χ4n) is 1.81. The highest BCUT2D eigenvalue weighted by atomic mass is 32.1. The number of hydrogen-bond acceptors (Lipinski definition) is 4. The van der Waals surface area contributed by atoms with Gasteiger partial charge in [-0.25, -0.2) is 4.98 Å². The van der Waals surface area contributed by atoms with Crippen LogP contribution in [0.15, 0.2) is 29.6 Å². The maximum absolute atomic E-state index is 5.20. The van der Waals surface area contributed by atoms with Crippen LogP contribution in [0, 0.1) is 6.92 Å². The third-order valence-electron chi connectivity index (χ3n) is 2.68. The molecule has 0 amide bonds. The van der Waals surface area contributed by atoms with E-state index in [0.717, 1.165) is 23.8 Å². The Balaban J connectivity index is 1.89. The van der Waals surface area contributed by atoms with E-state index in [1.54, 1.807) is 18.4 Å². The van der Waals surface area contributed by atoms with E-state index in [0.29, 0.717) is 6.61 Å². The minimum absolute atomic E-state index is 0.661. The van der Waals surface area contributed by atoms with Crippen molar-refractivity contribution in [1.82, 2.24) is 10.3 Å². The molecule has 0 atom stereocenters. The average molecular weight is 262 g/mol. The fraction of sp³-hybridized carbons (Fsp3) is 0.357. The first-order valence-electron chi connectivity index (χ1n) is 5.97. The van der Waals surface area contributed by atoms with Gasteiger partial charge in [0.2, 0.25) is 0 Å². The summed E-state index contributed by atoms with van der Waals surface area (Å²) in [7, 11) is 1.72. The number of ether oxygens (including phenoxy) is 1. The second-order valence-electron chi connectivity index (χ2n) is 4.19. The fourth-order valence-corrected chi connectivity index (χ4v) is 2.56. The van der Waals surface area contributed by atoms with Crippen LogP contribution in [0.3, 0.4) is 0 Å². The molecule has 0 spiro atoms. The Hall–Kier alpha value is -1.23. The van der Waals surface area contributed by atoms with Crippen molar-refractivity contribution in [3.05, 3.63) is 51.5 Å². The number of nitrogens with one attached hydrogen (secondary N) is 1. The molecule has 0 aliphatic carbocycles. The summed E-state index contributed by atoms with van der Waals surface area (Å²) in [5, 5.41) is 6.64. The molecule has 0 radical (unpaired) electrons. The topological polar surface area (TPSA) is 34.1 Å². The van der Waals surface area contributed by atoms with Crippen molar-refractivity contribution in [2.24, 2.45) is 0 Å². The highest BCUT2D eigenvalue weighted by Crippen LogP contribution is 2.11. The second kappa shape index (κ2) is 6.64. The molecule has 96 valence electrons. The summed E-state index contributed by atoms with van der Waals surface area (Å²) in [4.78, 5) is 4.43. The molecule has 4 heteroatoms. The molecule has 0 fully saturated rings. The third-order valence-corrected chi connectivity index (χ3v) is 3.64. The predicted octanol–water partition coefficient (Wildman–Crippen LogP) is 2.89. The van der Waals surface area contributed by atoms with Crippen LogP contribution in [-0.4, -0.2) is 12.1 Å². The summed E-state index contributed by atoms with van der Waals surface area (Å²) in [5.41, 5.74) is 3.62. The van der Waals surface area contributed by atoms with Gasteiger partial charge in [-0.3, -0.25) is 0 Å². The summed E-state index contributed by atoms with van der Waals surface area (Å²) >= 11 is 1.70. The van der Waals surface area contributed by atoms with Crippen LogP contribution in [0.4, 0.5) is 0 Å². The first-order chi connectivity index (χ1) is 8.79. The van der Waals surface area contributed by atoms with E-state index in [9.17, 15) is 0 Å². The van der Waals surface area contributed by atoms with Gasteiger partial charge in [-0.1, -0.05) is 24.3 Å². The Morgan fingerprint density at radius 1 is 1.22 bits per heavy atom. The van der Waals surface area contributed by atoms with E-state index in [-0.39, 0.29) is 0 Å². The van der Waals surface area contributed by atoms with Gasteiger partial charge in [0.1, 0.15) is 5.01 Å². The molecule has 0 aliphatic heterocycles. The molecule has 0 saturated heterocycles. The van der Waals surface area contributed by atoms with Crippen LogP contribution < -0.4 is 5.32 Å². The van der Waals surface area contributed by atoms with Crippen molar-refractivity contribution in [2.75, 3.05) is 7.11 Å². The quantitative estimate of drug-likeness (QED) is 0.869. The smallest absolute Gasteiger partial charge is 0.107 e. The van der Waals surface area contributed by atoms with Crippen LogP contribution in [-0.2, 0) is 24.4 Å². The van der Waals surface area contributed by atoms with Crippen molar-refractivity contribution < 1.29 is 4.74 Å². The highest BCUT2D eigenvalue weighted by Gasteiger charge is 2.02. The lowest BCUT2D eigenvalue weighted by molar-refractivity contribution is 0.184. The van der Waals surface area contributed by atoms with Gasteiger partial charge in [-0.15, -0.1) is 11.3 Å². The lowest BCUT2D eigenvalue weighted by atomic mass is 10.1. The third kappa shape index (κ3) is 3.63. The summed E-state index contributed by atoms with van der Waals surface area (Å²) < 4.78 is 5.20. The molecule has 0 unspecified atom stereocenters. The Morgan fingerprint density at radius 2 is 2.00 bits per heavy atom. The van der Waals surface area contributed by atoms with Gasteiger partial charge in [-0.2, -0.15) is 0 Å². The zero-order valence-corrected chi connectivity index (χ0v) is 11.6. The number of rotatable bonds is 6. The van der Waals surface area contributed by atoms with Crippen LogP contribution in [0.1, 0.15) is 21.8 Å². The number of thiazole rings is 1. The van der Waals surface area contributed by atoms with Crippen molar-refractivity contribution in [3.63, 3.8) is 0 Å². The first kappa shape index (κ1) is 13.2. The summed E-state index contributed by atoms with van der Waals surface area (Å²) in [6.07, 6.45) is 0. The van der Waals surface area contributed by atoms with Gasteiger partial charge < -0.3 is 10.1 Å². The number of methoxy groups -OCH3 is 1. The van der Waals surface area contributed by atoms with Crippen molar-refractivity contribution in [1.29, 1.82) is 0 Å². The molecule has 0 bridgehead atoms. The average Bonchev–Trinajstić information content (AvgIpc) is 2.78. The molecule has 2 rings (SSSR count). The normalized spacial score (nSPS) is 10.8. The zero-order valence-electron chi connectivity index (χ0n) is 10.8. The second-order valence-corrected chi connectivity index (χ2v) is 5.13. The van der Waals surface area contributed by atoms with Gasteiger partial charge in [0.15, 0.2) is 0 Å². The summed E-state index contributed by atoms with van der Waals surface area (Å²) in [6.45, 7) is 4.35. The lowest BCUT2D eigenvalue weighted by Gasteiger charge is -2.09. The van der Waals surface area contributed by atoms with E-state index in [4.69, 9.17) is 4.74 Å². The molecule has 18 heavy (non-hydrogen) atoms. The molecule has 1 aromatic carbocycles. The Kier molecular flexibility index (Phi) is 4.87. The molecule has 0 saturated carbocycles. The maximum Gasteiger partial charge on any atom is 0.107 e. The van der Waals surface area contributed by atoms with Crippen molar-refractivity contribution >= 4 is 11.3 Å². The largest absolute Gasteiger partial charge is 0.380 e. The minimum atomic E-state index is 0.661. The van der Waals surface area contributed by atoms with Gasteiger partial charge in [-0.05, 0) is 18.1 Å². The van der Waals surface area contributed by atoms with E-state index in [1.165, 1.54) is 11.1 Å². The number of benzene rings is 1. The number of hydrogen-bond donors (Lipinski definition) is 1. The van der Waals surface area contributed by atoms with Gasteiger partial charge in [0, 0.05) is 31.3 Å². The predicted molar refractivity (Wildman–Crippen MR) is 74.5 cm³/mol. The number of nitrogens with zero attached hydrogens (tertiary/aromatic N) is 1. The van der Waals surface area contributed by atoms with Crippen LogP contribution in [0.2, 0.25) is 0 Å². The zero-order chi connectivity index (χ0) is 12.8. The summed E-state index contributed by atoms with van der Waals surface area (Å²) in [6, 6.07) is 8.34. The summed E-state index contributed by atoms with van der Waals surface area (Å²) in [5.74, 6) is 0. The SMILES string of the molecule is COCc1ccccc1CNCc1nc(C)cs1. The molecule has 1 N–H and O–H groups in total. The number of aryl methyl sites for hydroxylation is 1. The van der Waals surface area contributed by atoms with E-state index < -0.39 is 0 Å².